The highest BCUT2D eigenvalue weighted by atomic mass is 32.1. The van der Waals surface area contributed by atoms with Gasteiger partial charge in [0.05, 0.1) is 30.2 Å². The van der Waals surface area contributed by atoms with Crippen molar-refractivity contribution in [2.75, 3.05) is 25.2 Å². The van der Waals surface area contributed by atoms with Gasteiger partial charge in [-0.25, -0.2) is 4.98 Å². The number of carbonyl (C=O) groups is 1. The summed E-state index contributed by atoms with van der Waals surface area (Å²) in [4.78, 5) is 19.8. The van der Waals surface area contributed by atoms with E-state index in [1.807, 2.05) is 25.1 Å². The quantitative estimate of drug-likeness (QED) is 0.674. The Morgan fingerprint density at radius 2 is 2.33 bits per heavy atom. The summed E-state index contributed by atoms with van der Waals surface area (Å²) in [6, 6.07) is 7.60. The Morgan fingerprint density at radius 3 is 3.00 bits per heavy atom. The number of nitrogens with zero attached hydrogens (tertiary/aromatic N) is 4. The van der Waals surface area contributed by atoms with Crippen LogP contribution in [0.5, 0.6) is 5.75 Å². The van der Waals surface area contributed by atoms with Crippen molar-refractivity contribution in [3.8, 4) is 5.75 Å². The molecule has 1 saturated heterocycles. The molecule has 0 aliphatic carbocycles. The van der Waals surface area contributed by atoms with Gasteiger partial charge < -0.3 is 9.47 Å². The minimum Gasteiger partial charge on any atom is -0.494 e. The smallest absolute Gasteiger partial charge is 0.278 e. The van der Waals surface area contributed by atoms with Crippen molar-refractivity contribution in [2.24, 2.45) is 7.05 Å². The molecule has 2 aromatic heterocycles. The first-order valence-electron chi connectivity index (χ1n) is 8.94. The maximum atomic E-state index is 13.3. The molecule has 3 heterocycles. The molecule has 0 radical (unpaired) electrons. The molecule has 0 N–H and O–H groups in total. The number of carbonyl (C=O) groups excluding carboxylic acids is 1. The molecule has 142 valence electrons. The topological polar surface area (TPSA) is 69.5 Å². The SMILES string of the molecule is COc1cccc2sc(N(C[C@H]3CCCO3)C(=O)c3cc(C)nn3C)nc12. The maximum Gasteiger partial charge on any atom is 0.278 e. The van der Waals surface area contributed by atoms with E-state index < -0.39 is 0 Å². The fourth-order valence-electron chi connectivity index (χ4n) is 3.38. The van der Waals surface area contributed by atoms with Crippen LogP contribution in [0.15, 0.2) is 24.3 Å². The van der Waals surface area contributed by atoms with Crippen LogP contribution in [0.4, 0.5) is 5.13 Å². The summed E-state index contributed by atoms with van der Waals surface area (Å²) >= 11 is 1.48. The summed E-state index contributed by atoms with van der Waals surface area (Å²) in [5.74, 6) is 0.586. The van der Waals surface area contributed by atoms with Crippen molar-refractivity contribution in [2.45, 2.75) is 25.9 Å². The number of methoxy groups -OCH3 is 1. The standard InChI is InChI=1S/C19H22N4O3S/c1-12-10-14(22(2)21-12)18(24)23(11-13-6-5-9-26-13)19-20-17-15(25-3)7-4-8-16(17)27-19/h4,7-8,10,13H,5-6,9,11H2,1-3H3/t13-/m1/s1. The molecular weight excluding hydrogens is 364 g/mol. The number of fused-ring (bicyclic) bond motifs is 1. The Labute approximate surface area is 161 Å². The van der Waals surface area contributed by atoms with Crippen molar-refractivity contribution in [3.05, 3.63) is 35.7 Å². The van der Waals surface area contributed by atoms with Crippen molar-refractivity contribution in [1.29, 1.82) is 0 Å². The Hall–Kier alpha value is -2.45. The van der Waals surface area contributed by atoms with E-state index in [1.165, 1.54) is 11.3 Å². The van der Waals surface area contributed by atoms with Crippen LogP contribution < -0.4 is 9.64 Å². The number of hydrogen-bond donors (Lipinski definition) is 0. The van der Waals surface area contributed by atoms with Crippen LogP contribution in [0.2, 0.25) is 0 Å². The van der Waals surface area contributed by atoms with Crippen LogP contribution in [0.1, 0.15) is 29.0 Å². The fraction of sp³-hybridized carbons (Fsp3) is 0.421. The van der Waals surface area contributed by atoms with Crippen LogP contribution >= 0.6 is 11.3 Å². The monoisotopic (exact) mass is 386 g/mol. The van der Waals surface area contributed by atoms with Gasteiger partial charge in [0.2, 0.25) is 0 Å². The van der Waals surface area contributed by atoms with E-state index in [4.69, 9.17) is 14.5 Å². The van der Waals surface area contributed by atoms with Gasteiger partial charge in [-0.2, -0.15) is 5.10 Å². The van der Waals surface area contributed by atoms with Crippen molar-refractivity contribution in [1.82, 2.24) is 14.8 Å². The highest BCUT2D eigenvalue weighted by Gasteiger charge is 2.29. The van der Waals surface area contributed by atoms with Crippen LogP contribution in [-0.4, -0.2) is 47.0 Å². The van der Waals surface area contributed by atoms with Crippen molar-refractivity contribution in [3.63, 3.8) is 0 Å². The predicted molar refractivity (Wildman–Crippen MR) is 105 cm³/mol. The number of aryl methyl sites for hydroxylation is 2. The average molecular weight is 386 g/mol. The van der Waals surface area contributed by atoms with Gasteiger partial charge in [0.1, 0.15) is 17.0 Å². The normalized spacial score (nSPS) is 16.8. The van der Waals surface area contributed by atoms with E-state index in [-0.39, 0.29) is 12.0 Å². The Kier molecular flexibility index (Phi) is 4.84. The lowest BCUT2D eigenvalue weighted by Crippen LogP contribution is -2.38. The molecule has 1 aliphatic rings. The van der Waals surface area contributed by atoms with Crippen LogP contribution in [0.3, 0.4) is 0 Å². The maximum absolute atomic E-state index is 13.3. The molecule has 1 aliphatic heterocycles. The molecule has 27 heavy (non-hydrogen) atoms. The molecule has 3 aromatic rings. The number of amides is 1. The minimum absolute atomic E-state index is 0.0252. The molecule has 1 amide bonds. The molecule has 1 atom stereocenters. The van der Waals surface area contributed by atoms with E-state index in [1.54, 1.807) is 29.8 Å². The molecule has 0 bridgehead atoms. The first-order valence-corrected chi connectivity index (χ1v) is 9.76. The number of ether oxygens (including phenoxy) is 2. The second kappa shape index (κ2) is 7.28. The van der Waals surface area contributed by atoms with Gasteiger partial charge in [0.25, 0.3) is 5.91 Å². The van der Waals surface area contributed by atoms with E-state index in [0.717, 1.165) is 35.4 Å². The molecule has 8 heteroatoms. The summed E-state index contributed by atoms with van der Waals surface area (Å²) in [7, 11) is 3.41. The van der Waals surface area contributed by atoms with Gasteiger partial charge in [-0.1, -0.05) is 17.4 Å². The number of para-hydroxylation sites is 1. The average Bonchev–Trinajstić information content (AvgIpc) is 3.38. The Bertz CT molecular complexity index is 975. The lowest BCUT2D eigenvalue weighted by atomic mass is 10.2. The molecule has 0 saturated carbocycles. The number of aromatic nitrogens is 3. The Morgan fingerprint density at radius 1 is 1.48 bits per heavy atom. The van der Waals surface area contributed by atoms with Gasteiger partial charge in [-0.05, 0) is 38.0 Å². The number of rotatable bonds is 5. The molecule has 1 fully saturated rings. The molecular formula is C19H22N4O3S. The highest BCUT2D eigenvalue weighted by Crippen LogP contribution is 2.35. The summed E-state index contributed by atoms with van der Waals surface area (Å²) in [6.07, 6.45) is 1.99. The van der Waals surface area contributed by atoms with Gasteiger partial charge in [0.15, 0.2) is 5.13 Å². The number of thiazole rings is 1. The van der Waals surface area contributed by atoms with E-state index in [9.17, 15) is 4.79 Å². The lowest BCUT2D eigenvalue weighted by Gasteiger charge is -2.23. The molecule has 0 unspecified atom stereocenters. The van der Waals surface area contributed by atoms with Crippen LogP contribution in [-0.2, 0) is 11.8 Å². The number of anilines is 1. The molecule has 1 aromatic carbocycles. The van der Waals surface area contributed by atoms with Gasteiger partial charge in [-0.15, -0.1) is 0 Å². The second-order valence-electron chi connectivity index (χ2n) is 6.65. The third kappa shape index (κ3) is 3.42. The van der Waals surface area contributed by atoms with E-state index in [0.29, 0.717) is 23.1 Å². The minimum atomic E-state index is -0.119. The summed E-state index contributed by atoms with van der Waals surface area (Å²) in [6.45, 7) is 3.10. The zero-order chi connectivity index (χ0) is 19.0. The largest absolute Gasteiger partial charge is 0.494 e. The van der Waals surface area contributed by atoms with E-state index >= 15 is 0 Å². The second-order valence-corrected chi connectivity index (χ2v) is 7.66. The molecule has 4 rings (SSSR count). The zero-order valence-electron chi connectivity index (χ0n) is 15.6. The molecule has 0 spiro atoms. The van der Waals surface area contributed by atoms with Crippen molar-refractivity contribution >= 4 is 32.6 Å². The van der Waals surface area contributed by atoms with Crippen LogP contribution in [0, 0.1) is 6.92 Å². The Balaban J connectivity index is 1.75. The number of hydrogen-bond acceptors (Lipinski definition) is 6. The van der Waals surface area contributed by atoms with Gasteiger partial charge >= 0.3 is 0 Å². The summed E-state index contributed by atoms with van der Waals surface area (Å²) < 4.78 is 13.8. The third-order valence-corrected chi connectivity index (χ3v) is 5.74. The first-order chi connectivity index (χ1) is 13.1. The fourth-order valence-corrected chi connectivity index (χ4v) is 4.37. The van der Waals surface area contributed by atoms with Crippen molar-refractivity contribution < 1.29 is 14.3 Å². The highest BCUT2D eigenvalue weighted by molar-refractivity contribution is 7.22. The first kappa shape index (κ1) is 17.9. The third-order valence-electron chi connectivity index (χ3n) is 4.70. The molecule has 7 nitrogen and oxygen atoms in total. The van der Waals surface area contributed by atoms with Gasteiger partial charge in [0, 0.05) is 13.7 Å². The zero-order valence-corrected chi connectivity index (χ0v) is 16.5. The summed E-state index contributed by atoms with van der Waals surface area (Å²) in [5.41, 5.74) is 2.12. The van der Waals surface area contributed by atoms with Crippen LogP contribution in [0.25, 0.3) is 10.2 Å². The van der Waals surface area contributed by atoms with E-state index in [2.05, 4.69) is 5.10 Å². The number of benzene rings is 1. The predicted octanol–water partition coefficient (Wildman–Crippen LogP) is 3.17. The van der Waals surface area contributed by atoms with Gasteiger partial charge in [-0.3, -0.25) is 14.4 Å². The lowest BCUT2D eigenvalue weighted by molar-refractivity contribution is 0.0909. The summed E-state index contributed by atoms with van der Waals surface area (Å²) in [5, 5.41) is 4.96.